The molecule has 1 saturated carbocycles. The Balaban J connectivity index is 1.79. The first-order chi connectivity index (χ1) is 25.9. The number of hydrogen-bond acceptors (Lipinski definition) is 10. The zero-order chi connectivity index (χ0) is 40.8. The third-order valence-electron chi connectivity index (χ3n) is 8.74. The Bertz CT molecular complexity index is 1650. The molecule has 0 heterocycles. The Kier molecular flexibility index (Phi) is 18.4. The number of ether oxygens (including phenoxy) is 4. The van der Waals surface area contributed by atoms with Crippen LogP contribution in [0.2, 0.25) is 11.8 Å². The third-order valence-corrected chi connectivity index (χ3v) is 9.36. The van der Waals surface area contributed by atoms with Crippen LogP contribution in [-0.4, -0.2) is 78.2 Å². The normalized spacial score (nSPS) is 15.9. The molecule has 1 amide bonds. The average molecular weight is 842 g/mol. The van der Waals surface area contributed by atoms with E-state index in [2.05, 4.69) is 10.5 Å². The number of carbonyl (C=O) groups excluding carboxylic acids is 4. The van der Waals surface area contributed by atoms with Crippen LogP contribution in [0, 0.1) is 17.3 Å². The second-order valence-electron chi connectivity index (χ2n) is 14.1. The smallest absolute Gasteiger partial charge is 0.373 e. The van der Waals surface area contributed by atoms with E-state index in [0.717, 1.165) is 5.56 Å². The van der Waals surface area contributed by atoms with Gasteiger partial charge in [0.2, 0.25) is 9.70 Å². The highest BCUT2D eigenvalue weighted by Gasteiger charge is 2.52. The number of hydrogen-bond donors (Lipinski definition) is 3. The predicted octanol–water partition coefficient (Wildman–Crippen LogP) is 6.93. The Morgan fingerprint density at radius 2 is 1.71 bits per heavy atom. The molecule has 16 heteroatoms. The number of rotatable bonds is 21. The Morgan fingerprint density at radius 1 is 1.02 bits per heavy atom. The van der Waals surface area contributed by atoms with Crippen LogP contribution in [-0.2, 0) is 39.8 Å². The second-order valence-corrected chi connectivity index (χ2v) is 17.0. The summed E-state index contributed by atoms with van der Waals surface area (Å²) in [5.41, 5.74) is 0.728. The SMILES string of the molecule is COc1ccc(C[C@@H](NC(=O)C=CC[C@H](OC(=O)[C@H](CC(C)C)OC(=O)C2(CNB(C)O)CC2)[C@H](C)C=Cc2ccccc2)C(=O)OCC(Cl)(Cl)Cl)cc1Cl. The van der Waals surface area contributed by atoms with E-state index in [-0.39, 0.29) is 37.6 Å². The van der Waals surface area contributed by atoms with Gasteiger partial charge in [-0.2, -0.15) is 0 Å². The maximum Gasteiger partial charge on any atom is 0.373 e. The van der Waals surface area contributed by atoms with E-state index in [1.54, 1.807) is 25.0 Å². The summed E-state index contributed by atoms with van der Waals surface area (Å²) in [5.74, 6) is -2.63. The van der Waals surface area contributed by atoms with E-state index in [0.29, 0.717) is 29.2 Å². The van der Waals surface area contributed by atoms with Crippen LogP contribution < -0.4 is 15.3 Å². The third kappa shape index (κ3) is 16.4. The van der Waals surface area contributed by atoms with Gasteiger partial charge in [-0.1, -0.05) is 122 Å². The first-order valence-electron chi connectivity index (χ1n) is 18.0. The minimum atomic E-state index is -1.87. The second kappa shape index (κ2) is 21.9. The lowest BCUT2D eigenvalue weighted by atomic mass is 9.87. The zero-order valence-corrected chi connectivity index (χ0v) is 34.6. The molecule has 2 aromatic rings. The summed E-state index contributed by atoms with van der Waals surface area (Å²) in [6.07, 6.45) is 6.08. The fraction of sp³-hybridized carbons (Fsp3) is 0.487. The van der Waals surface area contributed by atoms with Crippen molar-refractivity contribution >= 4 is 83.3 Å². The number of carbonyl (C=O) groups is 4. The molecule has 0 saturated heterocycles. The summed E-state index contributed by atoms with van der Waals surface area (Å²) in [6.45, 7) is 6.92. The molecule has 1 aliphatic carbocycles. The molecule has 3 rings (SSSR count). The van der Waals surface area contributed by atoms with Crippen LogP contribution in [0.25, 0.3) is 6.08 Å². The Morgan fingerprint density at radius 3 is 2.29 bits per heavy atom. The number of nitrogens with one attached hydrogen (secondary N) is 2. The van der Waals surface area contributed by atoms with E-state index >= 15 is 0 Å². The van der Waals surface area contributed by atoms with Crippen LogP contribution in [0.5, 0.6) is 5.75 Å². The molecular formula is C39H49BCl4N2O9. The Hall–Kier alpha value is -3.26. The fourth-order valence-corrected chi connectivity index (χ4v) is 5.86. The lowest BCUT2D eigenvalue weighted by molar-refractivity contribution is -0.176. The molecule has 55 heavy (non-hydrogen) atoms. The van der Waals surface area contributed by atoms with Gasteiger partial charge in [-0.3, -0.25) is 9.59 Å². The van der Waals surface area contributed by atoms with E-state index < -0.39 is 64.9 Å². The number of esters is 3. The number of methoxy groups -OCH3 is 1. The number of halogens is 4. The summed E-state index contributed by atoms with van der Waals surface area (Å²) in [4.78, 5) is 53.3. The van der Waals surface area contributed by atoms with Crippen LogP contribution in [0.1, 0.15) is 57.6 Å². The van der Waals surface area contributed by atoms with Crippen molar-refractivity contribution in [1.29, 1.82) is 0 Å². The van der Waals surface area contributed by atoms with Gasteiger partial charge in [0.1, 0.15) is 24.5 Å². The van der Waals surface area contributed by atoms with Gasteiger partial charge in [0, 0.05) is 25.3 Å². The topological polar surface area (TPSA) is 149 Å². The molecule has 0 spiro atoms. The molecule has 0 radical (unpaired) electrons. The van der Waals surface area contributed by atoms with Gasteiger partial charge in [0.25, 0.3) is 0 Å². The van der Waals surface area contributed by atoms with Crippen LogP contribution in [0.15, 0.2) is 66.8 Å². The van der Waals surface area contributed by atoms with Crippen molar-refractivity contribution in [2.24, 2.45) is 17.3 Å². The van der Waals surface area contributed by atoms with E-state index in [1.165, 1.54) is 19.3 Å². The highest BCUT2D eigenvalue weighted by Crippen LogP contribution is 2.46. The summed E-state index contributed by atoms with van der Waals surface area (Å²) in [5, 5.41) is 15.5. The van der Waals surface area contributed by atoms with Crippen molar-refractivity contribution in [1.82, 2.24) is 10.5 Å². The number of amides is 1. The van der Waals surface area contributed by atoms with Crippen LogP contribution in [0.4, 0.5) is 0 Å². The molecule has 0 aliphatic heterocycles. The zero-order valence-electron chi connectivity index (χ0n) is 31.6. The molecule has 1 fully saturated rings. The van der Waals surface area contributed by atoms with E-state index in [1.807, 2.05) is 63.3 Å². The molecule has 11 nitrogen and oxygen atoms in total. The molecule has 3 N–H and O–H groups in total. The van der Waals surface area contributed by atoms with Crippen molar-refractivity contribution in [3.63, 3.8) is 0 Å². The monoisotopic (exact) mass is 840 g/mol. The lowest BCUT2D eigenvalue weighted by Crippen LogP contribution is -2.43. The van der Waals surface area contributed by atoms with Crippen LogP contribution in [0.3, 0.4) is 0 Å². The van der Waals surface area contributed by atoms with Crippen molar-refractivity contribution in [3.8, 4) is 5.75 Å². The summed E-state index contributed by atoms with van der Waals surface area (Å²) in [7, 11) is 0.668. The average Bonchev–Trinajstić information content (AvgIpc) is 3.92. The molecule has 1 aliphatic rings. The quantitative estimate of drug-likeness (QED) is 0.0397. The predicted molar refractivity (Wildman–Crippen MR) is 216 cm³/mol. The molecule has 0 aromatic heterocycles. The van der Waals surface area contributed by atoms with Gasteiger partial charge >= 0.3 is 25.0 Å². The van der Waals surface area contributed by atoms with E-state index in [4.69, 9.17) is 65.4 Å². The van der Waals surface area contributed by atoms with Crippen LogP contribution >= 0.6 is 46.4 Å². The standard InChI is InChI=1S/C39H49BCl4N2O9/c1-25(2)20-33(55-37(50)38(18-19-38)23-45-40(4)51)36(49)54-31(26(3)14-15-27-10-7-6-8-11-27)12-9-13-34(47)46-30(35(48)53-24-39(42,43)44)22-28-16-17-32(52-5)29(41)21-28/h6-11,13-17,21,25-26,30-31,33,45,51H,12,18-20,22-24H2,1-5H3,(H,46,47)/t26-,30-,31+,33+/m1/s1. The largest absolute Gasteiger partial charge is 0.495 e. The van der Waals surface area contributed by atoms with Gasteiger partial charge in [0.05, 0.1) is 17.5 Å². The lowest BCUT2D eigenvalue weighted by Gasteiger charge is -2.26. The first-order valence-corrected chi connectivity index (χ1v) is 19.5. The minimum Gasteiger partial charge on any atom is -0.495 e. The van der Waals surface area contributed by atoms with Crippen molar-refractivity contribution < 1.29 is 43.1 Å². The molecule has 0 unspecified atom stereocenters. The molecule has 0 bridgehead atoms. The maximum atomic E-state index is 13.7. The van der Waals surface area contributed by atoms with Gasteiger partial charge in [0.15, 0.2) is 6.10 Å². The van der Waals surface area contributed by atoms with Gasteiger partial charge in [-0.15, -0.1) is 0 Å². The summed E-state index contributed by atoms with van der Waals surface area (Å²) in [6, 6.07) is 13.3. The fourth-order valence-electron chi connectivity index (χ4n) is 5.42. The van der Waals surface area contributed by atoms with Crippen molar-refractivity contribution in [2.45, 2.75) is 81.7 Å². The van der Waals surface area contributed by atoms with Crippen molar-refractivity contribution in [2.75, 3.05) is 20.3 Å². The highest BCUT2D eigenvalue weighted by molar-refractivity contribution is 6.67. The summed E-state index contributed by atoms with van der Waals surface area (Å²) >= 11 is 23.6. The maximum absolute atomic E-state index is 13.7. The molecule has 2 aromatic carbocycles. The highest BCUT2D eigenvalue weighted by atomic mass is 35.6. The minimum absolute atomic E-state index is 0.00293. The molecule has 300 valence electrons. The van der Waals surface area contributed by atoms with Crippen molar-refractivity contribution in [3.05, 3.63) is 82.9 Å². The first kappa shape index (κ1) is 46.1. The molecular weight excluding hydrogens is 793 g/mol. The van der Waals surface area contributed by atoms with Gasteiger partial charge in [-0.05, 0) is 61.3 Å². The summed E-state index contributed by atoms with van der Waals surface area (Å²) < 4.78 is 20.3. The number of benzene rings is 2. The van der Waals surface area contributed by atoms with Gasteiger partial charge < -0.3 is 34.5 Å². The Labute approximate surface area is 343 Å². The van der Waals surface area contributed by atoms with E-state index in [9.17, 15) is 24.2 Å². The molecule has 4 atom stereocenters. The number of alkyl halides is 3. The van der Waals surface area contributed by atoms with Gasteiger partial charge in [-0.25, -0.2) is 9.59 Å².